The lowest BCUT2D eigenvalue weighted by Crippen LogP contribution is -2.39. The van der Waals surface area contributed by atoms with Crippen LogP contribution in [0.2, 0.25) is 0 Å². The van der Waals surface area contributed by atoms with Gasteiger partial charge in [0.1, 0.15) is 0 Å². The molecule has 1 N–H and O–H groups in total. The molecule has 0 radical (unpaired) electrons. The van der Waals surface area contributed by atoms with Gasteiger partial charge in [0.15, 0.2) is 0 Å². The molecule has 1 saturated heterocycles. The standard InChI is InChI=1S/C18H27NOS/c1-2-9-19-17(15-8-11-21-13-15)12-18-16-6-4-3-5-14(16)7-10-20-18/h3-6,15,17-19H,2,7-13H2,1H3. The third-order valence-electron chi connectivity index (χ3n) is 4.75. The van der Waals surface area contributed by atoms with Gasteiger partial charge >= 0.3 is 0 Å². The molecule has 2 aliphatic rings. The molecule has 3 unspecified atom stereocenters. The van der Waals surface area contributed by atoms with Crippen LogP contribution < -0.4 is 5.32 Å². The molecule has 2 heterocycles. The topological polar surface area (TPSA) is 21.3 Å². The summed E-state index contributed by atoms with van der Waals surface area (Å²) in [5, 5.41) is 3.80. The molecule has 3 atom stereocenters. The summed E-state index contributed by atoms with van der Waals surface area (Å²) in [5.74, 6) is 3.46. The highest BCUT2D eigenvalue weighted by molar-refractivity contribution is 7.99. The molecule has 2 aliphatic heterocycles. The Labute approximate surface area is 133 Å². The molecule has 1 aromatic carbocycles. The van der Waals surface area contributed by atoms with E-state index in [1.54, 1.807) is 0 Å². The van der Waals surface area contributed by atoms with Crippen molar-refractivity contribution >= 4 is 11.8 Å². The number of hydrogen-bond acceptors (Lipinski definition) is 3. The summed E-state index contributed by atoms with van der Waals surface area (Å²) < 4.78 is 6.13. The molecule has 116 valence electrons. The van der Waals surface area contributed by atoms with Crippen molar-refractivity contribution in [1.82, 2.24) is 5.32 Å². The molecule has 2 nitrogen and oxygen atoms in total. The van der Waals surface area contributed by atoms with Crippen LogP contribution >= 0.6 is 11.8 Å². The minimum absolute atomic E-state index is 0.287. The molecule has 0 amide bonds. The van der Waals surface area contributed by atoms with Gasteiger partial charge in [-0.15, -0.1) is 0 Å². The molecule has 0 spiro atoms. The molecule has 0 saturated carbocycles. The number of ether oxygens (including phenoxy) is 1. The maximum absolute atomic E-state index is 6.13. The smallest absolute Gasteiger partial charge is 0.0842 e. The van der Waals surface area contributed by atoms with Gasteiger partial charge in [-0.2, -0.15) is 11.8 Å². The molecular formula is C18H27NOS. The van der Waals surface area contributed by atoms with Crippen molar-refractivity contribution < 1.29 is 4.74 Å². The van der Waals surface area contributed by atoms with E-state index in [1.165, 1.54) is 35.5 Å². The Bertz CT molecular complexity index is 445. The van der Waals surface area contributed by atoms with Crippen LogP contribution in [-0.2, 0) is 11.2 Å². The number of thioether (sulfide) groups is 1. The summed E-state index contributed by atoms with van der Waals surface area (Å²) >= 11 is 2.11. The van der Waals surface area contributed by atoms with Crippen LogP contribution in [0.1, 0.15) is 43.4 Å². The average Bonchev–Trinajstić information content (AvgIpc) is 3.06. The molecule has 21 heavy (non-hydrogen) atoms. The van der Waals surface area contributed by atoms with Crippen LogP contribution in [0, 0.1) is 5.92 Å². The van der Waals surface area contributed by atoms with E-state index in [0.717, 1.165) is 31.9 Å². The van der Waals surface area contributed by atoms with Crippen molar-refractivity contribution in [3.05, 3.63) is 35.4 Å². The first-order valence-corrected chi connectivity index (χ1v) is 9.54. The predicted molar refractivity (Wildman–Crippen MR) is 91.0 cm³/mol. The Morgan fingerprint density at radius 3 is 3.10 bits per heavy atom. The van der Waals surface area contributed by atoms with Gasteiger partial charge in [-0.05, 0) is 60.8 Å². The summed E-state index contributed by atoms with van der Waals surface area (Å²) in [4.78, 5) is 0. The Morgan fingerprint density at radius 2 is 2.29 bits per heavy atom. The van der Waals surface area contributed by atoms with Crippen molar-refractivity contribution in [2.24, 2.45) is 5.92 Å². The summed E-state index contributed by atoms with van der Waals surface area (Å²) in [6, 6.07) is 9.45. The van der Waals surface area contributed by atoms with E-state index in [4.69, 9.17) is 4.74 Å². The number of hydrogen-bond donors (Lipinski definition) is 1. The van der Waals surface area contributed by atoms with Crippen molar-refractivity contribution in [2.45, 2.75) is 44.8 Å². The first-order chi connectivity index (χ1) is 10.4. The van der Waals surface area contributed by atoms with E-state index in [9.17, 15) is 0 Å². The van der Waals surface area contributed by atoms with Crippen molar-refractivity contribution in [2.75, 3.05) is 24.7 Å². The zero-order valence-corrected chi connectivity index (χ0v) is 13.8. The van der Waals surface area contributed by atoms with Gasteiger partial charge in [-0.1, -0.05) is 31.2 Å². The van der Waals surface area contributed by atoms with Gasteiger partial charge in [0.2, 0.25) is 0 Å². The minimum atomic E-state index is 0.287. The molecule has 1 fully saturated rings. The van der Waals surface area contributed by atoms with Crippen molar-refractivity contribution in [3.8, 4) is 0 Å². The molecule has 3 heteroatoms. The fourth-order valence-corrected chi connectivity index (χ4v) is 4.88. The van der Waals surface area contributed by atoms with Gasteiger partial charge < -0.3 is 10.1 Å². The zero-order valence-electron chi connectivity index (χ0n) is 13.0. The van der Waals surface area contributed by atoms with Crippen LogP contribution in [0.15, 0.2) is 24.3 Å². The Morgan fingerprint density at radius 1 is 1.38 bits per heavy atom. The van der Waals surface area contributed by atoms with Gasteiger partial charge in [0, 0.05) is 6.04 Å². The highest BCUT2D eigenvalue weighted by Crippen LogP contribution is 2.35. The third kappa shape index (κ3) is 3.82. The Balaban J connectivity index is 1.70. The van der Waals surface area contributed by atoms with E-state index in [1.807, 2.05) is 0 Å². The number of nitrogens with one attached hydrogen (secondary N) is 1. The van der Waals surface area contributed by atoms with E-state index < -0.39 is 0 Å². The minimum Gasteiger partial charge on any atom is -0.373 e. The molecule has 3 rings (SSSR count). The second-order valence-corrected chi connectivity index (χ2v) is 7.38. The maximum Gasteiger partial charge on any atom is 0.0842 e. The van der Waals surface area contributed by atoms with Gasteiger partial charge in [0.05, 0.1) is 12.7 Å². The number of fused-ring (bicyclic) bond motifs is 1. The third-order valence-corrected chi connectivity index (χ3v) is 5.94. The number of benzene rings is 1. The van der Waals surface area contributed by atoms with Crippen molar-refractivity contribution in [3.63, 3.8) is 0 Å². The van der Waals surface area contributed by atoms with Crippen LogP contribution in [0.5, 0.6) is 0 Å². The molecule has 0 aromatic heterocycles. The van der Waals surface area contributed by atoms with E-state index in [0.29, 0.717) is 6.04 Å². The lowest BCUT2D eigenvalue weighted by molar-refractivity contribution is 0.0254. The van der Waals surface area contributed by atoms with E-state index in [-0.39, 0.29) is 6.10 Å². The second kappa shape index (κ2) is 7.66. The predicted octanol–water partition coefficient (Wildman–Crippen LogP) is 3.81. The SMILES string of the molecule is CCCNC(CC1OCCc2ccccc21)C1CCSC1. The Kier molecular flexibility index (Phi) is 5.61. The molecular weight excluding hydrogens is 278 g/mol. The average molecular weight is 305 g/mol. The van der Waals surface area contributed by atoms with Crippen molar-refractivity contribution in [1.29, 1.82) is 0 Å². The van der Waals surface area contributed by atoms with E-state index >= 15 is 0 Å². The maximum atomic E-state index is 6.13. The van der Waals surface area contributed by atoms with Gasteiger partial charge in [0.25, 0.3) is 0 Å². The van der Waals surface area contributed by atoms with Gasteiger partial charge in [-0.3, -0.25) is 0 Å². The fourth-order valence-electron chi connectivity index (χ4n) is 3.54. The lowest BCUT2D eigenvalue weighted by Gasteiger charge is -2.32. The fraction of sp³-hybridized carbons (Fsp3) is 0.667. The summed E-state index contributed by atoms with van der Waals surface area (Å²) in [6.45, 7) is 4.25. The normalized spacial score (nSPS) is 26.5. The Hall–Kier alpha value is -0.510. The summed E-state index contributed by atoms with van der Waals surface area (Å²) in [6.07, 6.45) is 5.05. The second-order valence-electron chi connectivity index (χ2n) is 6.23. The van der Waals surface area contributed by atoms with Crippen LogP contribution in [-0.4, -0.2) is 30.7 Å². The van der Waals surface area contributed by atoms with Crippen LogP contribution in [0.3, 0.4) is 0 Å². The van der Waals surface area contributed by atoms with E-state index in [2.05, 4.69) is 48.3 Å². The molecule has 0 bridgehead atoms. The van der Waals surface area contributed by atoms with Crippen LogP contribution in [0.25, 0.3) is 0 Å². The highest BCUT2D eigenvalue weighted by Gasteiger charge is 2.30. The largest absolute Gasteiger partial charge is 0.373 e. The first kappa shape index (κ1) is 15.4. The van der Waals surface area contributed by atoms with Gasteiger partial charge in [-0.25, -0.2) is 0 Å². The monoisotopic (exact) mass is 305 g/mol. The first-order valence-electron chi connectivity index (χ1n) is 8.39. The quantitative estimate of drug-likeness (QED) is 0.863. The molecule has 1 aromatic rings. The highest BCUT2D eigenvalue weighted by atomic mass is 32.2. The summed E-state index contributed by atoms with van der Waals surface area (Å²) in [7, 11) is 0. The number of rotatable bonds is 6. The lowest BCUT2D eigenvalue weighted by atomic mass is 9.88. The molecule has 0 aliphatic carbocycles. The van der Waals surface area contributed by atoms with Crippen LogP contribution in [0.4, 0.5) is 0 Å². The zero-order chi connectivity index (χ0) is 14.5. The summed E-state index contributed by atoms with van der Waals surface area (Å²) in [5.41, 5.74) is 2.92.